The second kappa shape index (κ2) is 8.42. The van der Waals surface area contributed by atoms with Crippen LogP contribution in [0, 0.1) is 5.92 Å². The van der Waals surface area contributed by atoms with E-state index in [4.69, 9.17) is 18.5 Å². The van der Waals surface area contributed by atoms with Crippen LogP contribution >= 0.6 is 15.4 Å². The molecule has 2 fully saturated rings. The summed E-state index contributed by atoms with van der Waals surface area (Å²) in [5, 5.41) is 0. The van der Waals surface area contributed by atoms with Crippen LogP contribution in [0.15, 0.2) is 21.9 Å². The molecule has 30 heavy (non-hydrogen) atoms. The second-order valence-corrected chi connectivity index (χ2v) is 10.4. The molecule has 3 rings (SSSR count). The van der Waals surface area contributed by atoms with Crippen LogP contribution in [-0.4, -0.2) is 46.7 Å². The molecule has 1 aromatic rings. The first-order valence-electron chi connectivity index (χ1n) is 9.03. The monoisotopic (exact) mass is 467 g/mol. The highest BCUT2D eigenvalue weighted by Crippen LogP contribution is 2.59. The molecule has 2 aliphatic rings. The van der Waals surface area contributed by atoms with Crippen LogP contribution in [0.3, 0.4) is 0 Å². The van der Waals surface area contributed by atoms with Crippen molar-refractivity contribution >= 4 is 15.4 Å². The van der Waals surface area contributed by atoms with E-state index < -0.39 is 68.9 Å². The minimum absolute atomic E-state index is 0.0489. The molecule has 7 atom stereocenters. The van der Waals surface area contributed by atoms with E-state index in [9.17, 15) is 33.4 Å². The van der Waals surface area contributed by atoms with Gasteiger partial charge in [0, 0.05) is 19.4 Å². The van der Waals surface area contributed by atoms with Crippen molar-refractivity contribution < 1.29 is 42.3 Å². The number of phosphoric acid groups is 1. The quantitative estimate of drug-likeness (QED) is 0.417. The number of nitrogens with zero attached hydrogens (tertiary/aromatic N) is 1. The molecule has 0 amide bonds. The highest BCUT2D eigenvalue weighted by Gasteiger charge is 2.58. The summed E-state index contributed by atoms with van der Waals surface area (Å²) < 4.78 is 45.6. The van der Waals surface area contributed by atoms with Crippen molar-refractivity contribution in [3.05, 3.63) is 33.1 Å². The van der Waals surface area contributed by atoms with E-state index in [-0.39, 0.29) is 6.42 Å². The van der Waals surface area contributed by atoms with Gasteiger partial charge in [-0.25, -0.2) is 4.79 Å². The molecule has 1 aliphatic heterocycles. The average molecular weight is 467 g/mol. The Kier molecular flexibility index (Phi) is 6.60. The third-order valence-electron chi connectivity index (χ3n) is 4.85. The van der Waals surface area contributed by atoms with Crippen molar-refractivity contribution in [3.8, 4) is 0 Å². The summed E-state index contributed by atoms with van der Waals surface area (Å²) in [6, 6.07) is 1.05. The number of H-pyrrole nitrogens is 1. The van der Waals surface area contributed by atoms with E-state index >= 15 is 0 Å². The first kappa shape index (κ1) is 23.5. The van der Waals surface area contributed by atoms with Gasteiger partial charge in [-0.15, -0.1) is 0 Å². The lowest BCUT2D eigenvalue weighted by Gasteiger charge is -2.33. The Morgan fingerprint density at radius 3 is 2.40 bits per heavy atom. The topological polar surface area (TPSA) is 195 Å². The van der Waals surface area contributed by atoms with Crippen LogP contribution in [0.2, 0.25) is 0 Å². The minimum Gasteiger partial charge on any atom is -0.811 e. The Morgan fingerprint density at radius 1 is 1.23 bits per heavy atom. The Morgan fingerprint density at radius 2 is 1.90 bits per heavy atom. The van der Waals surface area contributed by atoms with Crippen LogP contribution in [0.4, 0.5) is 0 Å². The number of rotatable bonds is 8. The Bertz CT molecular complexity index is 985. The number of phosphoric ester groups is 1. The lowest BCUT2D eigenvalue weighted by atomic mass is 10.1. The molecule has 170 valence electrons. The smallest absolute Gasteiger partial charge is 0.330 e. The van der Waals surface area contributed by atoms with E-state index in [1.807, 2.05) is 4.98 Å². The van der Waals surface area contributed by atoms with Crippen LogP contribution in [0.25, 0.3) is 0 Å². The molecule has 0 spiro atoms. The van der Waals surface area contributed by atoms with Crippen LogP contribution in [0.1, 0.15) is 26.5 Å². The number of hydrogen-bond donors (Lipinski definition) is 1. The second-order valence-electron chi connectivity index (χ2n) is 7.39. The molecule has 15 heteroatoms. The van der Waals surface area contributed by atoms with Gasteiger partial charge in [-0.2, -0.15) is 0 Å². The number of ether oxygens (including phenoxy) is 2. The average Bonchev–Trinajstić information content (AvgIpc) is 3.31. The predicted molar refractivity (Wildman–Crippen MR) is 94.2 cm³/mol. The van der Waals surface area contributed by atoms with Gasteiger partial charge < -0.3 is 37.8 Å². The van der Waals surface area contributed by atoms with Gasteiger partial charge in [0.1, 0.15) is 12.2 Å². The zero-order valence-corrected chi connectivity index (χ0v) is 18.0. The highest BCUT2D eigenvalue weighted by atomic mass is 31.2. The van der Waals surface area contributed by atoms with E-state index in [1.165, 1.54) is 21.0 Å². The molecule has 0 aromatic carbocycles. The summed E-state index contributed by atoms with van der Waals surface area (Å²) in [4.78, 5) is 60.6. The van der Waals surface area contributed by atoms with Crippen molar-refractivity contribution in [3.63, 3.8) is 0 Å². The predicted octanol–water partition coefficient (Wildman–Crippen LogP) is -1.97. The summed E-state index contributed by atoms with van der Waals surface area (Å²) in [7, 11) is -8.60. The number of aromatic amines is 1. The summed E-state index contributed by atoms with van der Waals surface area (Å²) in [6.07, 6.45) is -4.71. The fourth-order valence-electron chi connectivity index (χ4n) is 3.58. The molecule has 1 saturated carbocycles. The van der Waals surface area contributed by atoms with Crippen molar-refractivity contribution in [2.24, 2.45) is 5.92 Å². The molecule has 2 heterocycles. The van der Waals surface area contributed by atoms with Gasteiger partial charge in [0.05, 0.1) is 12.2 Å². The molecule has 1 N–H and O–H groups in total. The zero-order valence-electron chi connectivity index (χ0n) is 16.2. The number of nitrogens with one attached hydrogen (secondary N) is 1. The van der Waals surface area contributed by atoms with Gasteiger partial charge in [0.15, 0.2) is 6.23 Å². The molecule has 0 radical (unpaired) electrons. The molecule has 0 bridgehead atoms. The molecular formula is C15H21N2O11P2-3. The van der Waals surface area contributed by atoms with Crippen molar-refractivity contribution in [2.45, 2.75) is 56.6 Å². The maximum absolute atomic E-state index is 12.3. The van der Waals surface area contributed by atoms with Crippen molar-refractivity contribution in [2.75, 3.05) is 7.11 Å². The molecule has 1 aromatic heterocycles. The maximum Gasteiger partial charge on any atom is 0.330 e. The summed E-state index contributed by atoms with van der Waals surface area (Å²) in [5.74, 6) is -0.851. The van der Waals surface area contributed by atoms with Gasteiger partial charge in [-0.1, -0.05) is 7.60 Å². The lowest BCUT2D eigenvalue weighted by molar-refractivity contribution is -0.314. The molecule has 1 saturated heterocycles. The van der Waals surface area contributed by atoms with Crippen molar-refractivity contribution in [1.82, 2.24) is 9.55 Å². The van der Waals surface area contributed by atoms with E-state index in [1.54, 1.807) is 0 Å². The van der Waals surface area contributed by atoms with Crippen LogP contribution in [0.5, 0.6) is 0 Å². The molecule has 4 unspecified atom stereocenters. The maximum atomic E-state index is 12.3. The zero-order chi connectivity index (χ0) is 22.4. The standard InChI is InChI=1S/C15H24N2O11P2/c1-7(2)27-30(23,24)28-12-11(8-6-9(8)29(20,21)22)26-14(13(12)25-3)17-5-4-10(18)16-15(17)19/h4-5,7-9,11-14H,6H2,1-3H3,(H,23,24)(H,16,18,19)(H2,20,21,22)/p-3/t8?,9?,11-,12?,13+,14-/m1/s1. The third-order valence-corrected chi connectivity index (χ3v) is 7.43. The van der Waals surface area contributed by atoms with Gasteiger partial charge in [0.25, 0.3) is 13.4 Å². The van der Waals surface area contributed by atoms with Gasteiger partial charge >= 0.3 is 5.69 Å². The van der Waals surface area contributed by atoms with Crippen LogP contribution < -0.4 is 25.9 Å². The third kappa shape index (κ3) is 5.01. The fraction of sp³-hybridized carbons (Fsp3) is 0.733. The molecule has 1 aliphatic carbocycles. The lowest BCUT2D eigenvalue weighted by Crippen LogP contribution is -2.40. The normalized spacial score (nSPS) is 33.6. The van der Waals surface area contributed by atoms with Gasteiger partial charge in [-0.3, -0.25) is 18.9 Å². The summed E-state index contributed by atoms with van der Waals surface area (Å²) in [6.45, 7) is 2.93. The fourth-order valence-corrected chi connectivity index (χ4v) is 5.83. The summed E-state index contributed by atoms with van der Waals surface area (Å²) in [5.41, 5.74) is -2.78. The van der Waals surface area contributed by atoms with E-state index in [0.29, 0.717) is 0 Å². The first-order valence-corrected chi connectivity index (χ1v) is 12.1. The summed E-state index contributed by atoms with van der Waals surface area (Å²) >= 11 is 0. The SMILES string of the molecule is CO[C@H]1C(OP(=O)([O-])OC(C)C)[C@@H](C2CC2P(=O)([O-])[O-])O[C@H]1n1ccc(=O)[nH]c1=O. The Labute approximate surface area is 170 Å². The van der Waals surface area contributed by atoms with Crippen LogP contribution in [-0.2, 0) is 27.7 Å². The Balaban J connectivity index is 1.96. The van der Waals surface area contributed by atoms with E-state index in [0.717, 1.165) is 16.8 Å². The first-order chi connectivity index (χ1) is 13.8. The minimum atomic E-state index is -4.94. The number of methoxy groups -OCH3 is 1. The van der Waals surface area contributed by atoms with E-state index in [2.05, 4.69) is 0 Å². The molecule has 13 nitrogen and oxygen atoms in total. The van der Waals surface area contributed by atoms with Gasteiger partial charge in [0.2, 0.25) is 0 Å². The Hall–Kier alpha value is -1.14. The largest absolute Gasteiger partial charge is 0.811 e. The molecular weight excluding hydrogens is 446 g/mol. The van der Waals surface area contributed by atoms with Gasteiger partial charge in [-0.05, 0) is 31.8 Å². The number of hydrogen-bond acceptors (Lipinski definition) is 11. The van der Waals surface area contributed by atoms with Crippen molar-refractivity contribution in [1.29, 1.82) is 0 Å². The highest BCUT2D eigenvalue weighted by molar-refractivity contribution is 7.50. The number of aromatic nitrogens is 2.